The lowest BCUT2D eigenvalue weighted by molar-refractivity contribution is -0.130. The van der Waals surface area contributed by atoms with Crippen LogP contribution in [0.4, 0.5) is 5.69 Å². The van der Waals surface area contributed by atoms with Gasteiger partial charge in [0.2, 0.25) is 11.7 Å². The number of amides is 2. The molecule has 0 unspecified atom stereocenters. The molecule has 0 saturated heterocycles. The standard InChI is InChI=1S/C20H20N4O4/c1-13-21-19(23-28-13)14-6-4-8-16(10-14)22-20(26)15-7-5-9-17(11-15)27-12-18(25)24(2)3/h4-11H,12H2,1-3H3,(H,22,26). The van der Waals surface area contributed by atoms with E-state index in [1.54, 1.807) is 63.5 Å². The fourth-order valence-electron chi connectivity index (χ4n) is 2.36. The second-order valence-corrected chi connectivity index (χ2v) is 6.28. The van der Waals surface area contributed by atoms with Gasteiger partial charge in [0.1, 0.15) is 5.75 Å². The number of likely N-dealkylation sites (N-methyl/N-ethyl adjacent to an activating group) is 1. The predicted molar refractivity (Wildman–Crippen MR) is 103 cm³/mol. The first kappa shape index (κ1) is 19.1. The number of hydrogen-bond acceptors (Lipinski definition) is 6. The van der Waals surface area contributed by atoms with Crippen molar-refractivity contribution in [1.82, 2.24) is 15.0 Å². The van der Waals surface area contributed by atoms with Gasteiger partial charge in [-0.25, -0.2) is 0 Å². The van der Waals surface area contributed by atoms with Crippen LogP contribution < -0.4 is 10.1 Å². The first-order chi connectivity index (χ1) is 13.4. The Bertz CT molecular complexity index is 997. The Morgan fingerprint density at radius 2 is 1.93 bits per heavy atom. The molecular weight excluding hydrogens is 360 g/mol. The molecule has 0 saturated carbocycles. The smallest absolute Gasteiger partial charge is 0.259 e. The van der Waals surface area contributed by atoms with Crippen LogP contribution in [0.1, 0.15) is 16.2 Å². The van der Waals surface area contributed by atoms with Crippen LogP contribution in [-0.4, -0.2) is 47.6 Å². The maximum atomic E-state index is 12.6. The summed E-state index contributed by atoms with van der Waals surface area (Å²) in [5.41, 5.74) is 1.74. The Morgan fingerprint density at radius 3 is 2.64 bits per heavy atom. The van der Waals surface area contributed by atoms with E-state index in [1.165, 1.54) is 4.90 Å². The normalized spacial score (nSPS) is 10.4. The number of nitrogens with one attached hydrogen (secondary N) is 1. The molecule has 8 heteroatoms. The molecule has 1 aromatic heterocycles. The molecule has 2 amide bonds. The molecule has 0 fully saturated rings. The van der Waals surface area contributed by atoms with Crippen LogP contribution in [-0.2, 0) is 4.79 Å². The fraction of sp³-hybridized carbons (Fsp3) is 0.200. The summed E-state index contributed by atoms with van der Waals surface area (Å²) in [6.45, 7) is 1.62. The van der Waals surface area contributed by atoms with Crippen molar-refractivity contribution in [2.24, 2.45) is 0 Å². The number of hydrogen-bond donors (Lipinski definition) is 1. The number of rotatable bonds is 6. The summed E-state index contributed by atoms with van der Waals surface area (Å²) in [7, 11) is 3.30. The lowest BCUT2D eigenvalue weighted by atomic mass is 10.1. The number of benzene rings is 2. The Labute approximate surface area is 162 Å². The van der Waals surface area contributed by atoms with Gasteiger partial charge >= 0.3 is 0 Å². The Morgan fingerprint density at radius 1 is 1.14 bits per heavy atom. The van der Waals surface area contributed by atoms with Crippen LogP contribution in [0.25, 0.3) is 11.4 Å². The van der Waals surface area contributed by atoms with Crippen molar-refractivity contribution >= 4 is 17.5 Å². The molecular formula is C20H20N4O4. The van der Waals surface area contributed by atoms with Gasteiger partial charge < -0.3 is 19.5 Å². The minimum absolute atomic E-state index is 0.0930. The first-order valence-corrected chi connectivity index (χ1v) is 8.57. The second-order valence-electron chi connectivity index (χ2n) is 6.28. The molecule has 0 bridgehead atoms. The van der Waals surface area contributed by atoms with Gasteiger partial charge in [-0.2, -0.15) is 4.98 Å². The lowest BCUT2D eigenvalue weighted by Crippen LogP contribution is -2.27. The van der Waals surface area contributed by atoms with Crippen molar-refractivity contribution in [2.45, 2.75) is 6.92 Å². The molecule has 2 aromatic carbocycles. The third kappa shape index (κ3) is 4.73. The Balaban J connectivity index is 1.69. The number of carbonyl (C=O) groups excluding carboxylic acids is 2. The molecule has 0 atom stereocenters. The van der Waals surface area contributed by atoms with Crippen LogP contribution in [0.15, 0.2) is 53.1 Å². The minimum Gasteiger partial charge on any atom is -0.484 e. The topological polar surface area (TPSA) is 97.6 Å². The van der Waals surface area contributed by atoms with Crippen molar-refractivity contribution in [1.29, 1.82) is 0 Å². The number of anilines is 1. The molecule has 144 valence electrons. The third-order valence-corrected chi connectivity index (χ3v) is 3.86. The van der Waals surface area contributed by atoms with E-state index in [4.69, 9.17) is 9.26 Å². The monoisotopic (exact) mass is 380 g/mol. The molecule has 0 aliphatic rings. The number of nitrogens with zero attached hydrogens (tertiary/aromatic N) is 3. The quantitative estimate of drug-likeness (QED) is 0.706. The highest BCUT2D eigenvalue weighted by Crippen LogP contribution is 2.21. The zero-order valence-electron chi connectivity index (χ0n) is 15.8. The highest BCUT2D eigenvalue weighted by Gasteiger charge is 2.11. The summed E-state index contributed by atoms with van der Waals surface area (Å²) < 4.78 is 10.4. The average molecular weight is 380 g/mol. The van der Waals surface area contributed by atoms with Crippen molar-refractivity contribution in [3.8, 4) is 17.1 Å². The Kier molecular flexibility index (Phi) is 5.69. The number of aromatic nitrogens is 2. The van der Waals surface area contributed by atoms with Crippen molar-refractivity contribution < 1.29 is 18.8 Å². The summed E-state index contributed by atoms with van der Waals surface area (Å²) >= 11 is 0. The third-order valence-electron chi connectivity index (χ3n) is 3.86. The molecule has 3 aromatic rings. The van der Waals surface area contributed by atoms with Crippen LogP contribution in [0.3, 0.4) is 0 Å². The maximum Gasteiger partial charge on any atom is 0.259 e. The number of aryl methyl sites for hydroxylation is 1. The highest BCUT2D eigenvalue weighted by atomic mass is 16.5. The summed E-state index contributed by atoms with van der Waals surface area (Å²) in [5.74, 6) is 0.900. The fourth-order valence-corrected chi connectivity index (χ4v) is 2.36. The molecule has 3 rings (SSSR count). The largest absolute Gasteiger partial charge is 0.484 e. The van der Waals surface area contributed by atoms with E-state index in [9.17, 15) is 9.59 Å². The minimum atomic E-state index is -0.300. The van der Waals surface area contributed by atoms with Crippen LogP contribution in [0.5, 0.6) is 5.75 Å². The molecule has 1 N–H and O–H groups in total. The average Bonchev–Trinajstić information content (AvgIpc) is 3.13. The molecule has 0 spiro atoms. The van der Waals surface area contributed by atoms with Gasteiger partial charge in [-0.3, -0.25) is 9.59 Å². The zero-order valence-corrected chi connectivity index (χ0v) is 15.8. The van der Waals surface area contributed by atoms with Gasteiger partial charge in [-0.1, -0.05) is 23.4 Å². The lowest BCUT2D eigenvalue weighted by Gasteiger charge is -2.12. The van der Waals surface area contributed by atoms with Gasteiger partial charge in [0.25, 0.3) is 11.8 Å². The van der Waals surface area contributed by atoms with E-state index >= 15 is 0 Å². The van der Waals surface area contributed by atoms with Gasteiger partial charge in [0.05, 0.1) is 0 Å². The van der Waals surface area contributed by atoms with Crippen LogP contribution >= 0.6 is 0 Å². The van der Waals surface area contributed by atoms with E-state index in [2.05, 4.69) is 15.5 Å². The van der Waals surface area contributed by atoms with Gasteiger partial charge in [0.15, 0.2) is 6.61 Å². The molecule has 0 aliphatic heterocycles. The van der Waals surface area contributed by atoms with E-state index in [-0.39, 0.29) is 18.4 Å². The molecule has 8 nitrogen and oxygen atoms in total. The van der Waals surface area contributed by atoms with E-state index in [0.717, 1.165) is 5.56 Å². The first-order valence-electron chi connectivity index (χ1n) is 8.57. The van der Waals surface area contributed by atoms with Crippen LogP contribution in [0, 0.1) is 6.92 Å². The zero-order chi connectivity index (χ0) is 20.1. The highest BCUT2D eigenvalue weighted by molar-refractivity contribution is 6.04. The van der Waals surface area contributed by atoms with Gasteiger partial charge in [-0.05, 0) is 30.3 Å². The Hall–Kier alpha value is -3.68. The molecule has 28 heavy (non-hydrogen) atoms. The van der Waals surface area contributed by atoms with Gasteiger partial charge in [-0.15, -0.1) is 0 Å². The summed E-state index contributed by atoms with van der Waals surface area (Å²) in [6, 6.07) is 13.8. The number of ether oxygens (including phenoxy) is 1. The number of carbonyl (C=O) groups is 2. The van der Waals surface area contributed by atoms with Crippen molar-refractivity contribution in [2.75, 3.05) is 26.0 Å². The summed E-state index contributed by atoms with van der Waals surface area (Å²) in [6.07, 6.45) is 0. The van der Waals surface area contributed by atoms with Gasteiger partial charge in [0, 0.05) is 37.8 Å². The maximum absolute atomic E-state index is 12.6. The van der Waals surface area contributed by atoms with Crippen LogP contribution in [0.2, 0.25) is 0 Å². The van der Waals surface area contributed by atoms with E-state index in [0.29, 0.717) is 28.7 Å². The summed E-state index contributed by atoms with van der Waals surface area (Å²) in [5, 5.41) is 6.71. The molecule has 0 radical (unpaired) electrons. The second kappa shape index (κ2) is 8.34. The molecule has 0 aliphatic carbocycles. The predicted octanol–water partition coefficient (Wildman–Crippen LogP) is 2.76. The molecule has 1 heterocycles. The van der Waals surface area contributed by atoms with E-state index in [1.807, 2.05) is 6.07 Å². The van der Waals surface area contributed by atoms with Crippen molar-refractivity contribution in [3.05, 3.63) is 60.0 Å². The van der Waals surface area contributed by atoms with E-state index < -0.39 is 0 Å². The van der Waals surface area contributed by atoms with Crippen molar-refractivity contribution in [3.63, 3.8) is 0 Å². The summed E-state index contributed by atoms with van der Waals surface area (Å²) in [4.78, 5) is 29.8. The SMILES string of the molecule is Cc1nc(-c2cccc(NC(=O)c3cccc(OCC(=O)N(C)C)c3)c2)no1.